The van der Waals surface area contributed by atoms with Gasteiger partial charge in [-0.25, -0.2) is 4.79 Å². The summed E-state index contributed by atoms with van der Waals surface area (Å²) in [6.07, 6.45) is -5.80. The fourth-order valence-electron chi connectivity index (χ4n) is 9.87. The SMILES string of the molecule is CC(C)[C@H](NC(=O)[C@H](CC(=O)O)NC(=O)[C@H](C)NC(=O)[C@H](CC(=O)O)NC(=O)[C@H](CS)NC(=O)[C@H](CCCN=C(N)N)NC(=O)[C@H](CCC(N)=O)NC(=O)[C@@H]1CCCN1C(=O)[C@H](C)N)C(=O)N[C@@H](CCC(=O)O)C(=O)N[C@@H](CO)C(=O)NCC(=O)NCC(=O)N[C@@H](CCCN=C(N)N)C(=O)N[C@@H](CC(=O)O)C(=O)O. The van der Waals surface area contributed by atoms with E-state index in [9.17, 15) is 121 Å². The van der Waals surface area contributed by atoms with Gasteiger partial charge < -0.3 is 139 Å². The number of aliphatic hydroxyl groups excluding tert-OH is 1. The lowest BCUT2D eigenvalue weighted by Crippen LogP contribution is -2.61. The van der Waals surface area contributed by atoms with Crippen LogP contribution < -0.4 is 104 Å². The number of nitrogens with zero attached hydrogens (tertiary/aromatic N) is 3. The molecule has 1 aliphatic rings. The first-order chi connectivity index (χ1) is 50.9. The molecule has 0 unspecified atom stereocenters. The van der Waals surface area contributed by atoms with E-state index in [1.54, 1.807) is 0 Å². The Balaban J connectivity index is 3.30. The molecule has 13 atom stereocenters. The monoisotopic (exact) mass is 1570 g/mol. The number of aliphatic imine (C=N–C) groups is 2. The molecule has 1 saturated heterocycles. The molecule has 0 aromatic rings. The van der Waals surface area contributed by atoms with Crippen LogP contribution in [0.15, 0.2) is 9.98 Å². The van der Waals surface area contributed by atoms with Gasteiger partial charge in [0, 0.05) is 38.2 Å². The van der Waals surface area contributed by atoms with Gasteiger partial charge >= 0.3 is 29.8 Å². The van der Waals surface area contributed by atoms with Crippen LogP contribution in [0.5, 0.6) is 0 Å². The molecule has 49 heteroatoms. The molecule has 48 nitrogen and oxygen atoms in total. The molecule has 0 radical (unpaired) electrons. The van der Waals surface area contributed by atoms with E-state index < -0.39 is 273 Å². The Labute approximate surface area is 626 Å². The number of nitrogens with one attached hydrogen (secondary N) is 13. The van der Waals surface area contributed by atoms with E-state index in [1.807, 2.05) is 10.6 Å². The second-order valence-electron chi connectivity index (χ2n) is 24.9. The molecule has 0 aliphatic carbocycles. The number of hydrogen-bond acceptors (Lipinski definition) is 25. The van der Waals surface area contributed by atoms with E-state index in [2.05, 4.69) is 81.1 Å². The number of thiol groups is 1. The third-order valence-corrected chi connectivity index (χ3v) is 15.9. The zero-order valence-electron chi connectivity index (χ0n) is 59.8. The van der Waals surface area contributed by atoms with E-state index in [4.69, 9.17) is 39.5 Å². The zero-order valence-corrected chi connectivity index (χ0v) is 60.7. The van der Waals surface area contributed by atoms with Gasteiger partial charge in [0.25, 0.3) is 0 Å². The summed E-state index contributed by atoms with van der Waals surface area (Å²) in [5, 5.41) is 85.8. The molecule has 0 bridgehead atoms. The average Bonchev–Trinajstić information content (AvgIpc) is 1.78. The van der Waals surface area contributed by atoms with Gasteiger partial charge in [-0.2, -0.15) is 12.6 Å². The first-order valence-corrected chi connectivity index (χ1v) is 34.2. The third kappa shape index (κ3) is 36.9. The number of carbonyl (C=O) groups excluding carboxylic acids is 15. The van der Waals surface area contributed by atoms with Crippen molar-refractivity contribution < 1.29 is 127 Å². The van der Waals surface area contributed by atoms with E-state index in [-0.39, 0.29) is 63.7 Å². The largest absolute Gasteiger partial charge is 0.481 e. The Morgan fingerprint density at radius 2 is 0.862 bits per heavy atom. The molecule has 0 spiro atoms. The van der Waals surface area contributed by atoms with Crippen LogP contribution in [-0.4, -0.2) is 290 Å². The first kappa shape index (κ1) is 95.2. The number of carbonyl (C=O) groups is 20. The highest BCUT2D eigenvalue weighted by atomic mass is 32.1. The van der Waals surface area contributed by atoms with Crippen molar-refractivity contribution in [3.05, 3.63) is 0 Å². The highest BCUT2D eigenvalue weighted by molar-refractivity contribution is 7.80. The van der Waals surface area contributed by atoms with Crippen LogP contribution in [0.2, 0.25) is 0 Å². The Bertz CT molecular complexity index is 3370. The number of carboxylic acid groups (broad SMARTS) is 5. The smallest absolute Gasteiger partial charge is 0.326 e. The van der Waals surface area contributed by atoms with Gasteiger partial charge in [-0.3, -0.25) is 101 Å². The Kier molecular flexibility index (Phi) is 42.3. The molecule has 0 aromatic heterocycles. The van der Waals surface area contributed by atoms with Crippen LogP contribution in [0.4, 0.5) is 0 Å². The molecule has 0 aromatic carbocycles. The lowest BCUT2D eigenvalue weighted by Gasteiger charge is -2.28. The van der Waals surface area contributed by atoms with Crippen molar-refractivity contribution in [1.82, 2.24) is 74.0 Å². The number of amides is 15. The number of guanidine groups is 2. The standard InChI is InChI=1S/C60H98N22O26S/c1-25(2)45(56(105)75-31(12-14-41(87)88)51(100)79-35(23-83)47(96)70-21-39(85)69-22-40(86)72-28(8-5-15-67-59(63)64)48(97)78-34(58(107)108)20-44(93)94)81-53(102)33(19-43(91)92)76-46(95)27(4)71-52(101)32(18-42(89)90)77-54(103)36(24-109)80-49(98)29(9-6-16-68-60(65)66)73-50(99)30(11-13-38(62)84)74-55(104)37-10-7-17-82(37)57(106)26(3)61/h25-37,45,83,109H,5-24,61H2,1-4H3,(H2,62,84)(H,69,85)(H,70,96)(H,71,101)(H,72,86)(H,73,99)(H,74,104)(H,75,105)(H,76,95)(H,77,103)(H,78,97)(H,79,100)(H,80,98)(H,81,102)(H,87,88)(H,89,90)(H,91,92)(H,93,94)(H,107,108)(H4,63,64,67)(H4,65,66,68)/t26-,27-,28-,29-,30-,31-,32-,33-,34-,35-,36-,37-,45-/m0/s1. The van der Waals surface area contributed by atoms with Gasteiger partial charge in [0.05, 0.1) is 45.0 Å². The summed E-state index contributed by atoms with van der Waals surface area (Å²) < 4.78 is 0. The molecule has 0 saturated carbocycles. The van der Waals surface area contributed by atoms with Crippen LogP contribution in [0.3, 0.4) is 0 Å². The minimum absolute atomic E-state index is 0.0189. The number of likely N-dealkylation sites (tertiary alicyclic amines) is 1. The van der Waals surface area contributed by atoms with Crippen molar-refractivity contribution in [1.29, 1.82) is 0 Å². The number of aliphatic hydroxyl groups is 1. The summed E-state index contributed by atoms with van der Waals surface area (Å²) in [5.41, 5.74) is 32.6. The molecule has 31 N–H and O–H groups in total. The Hall–Kier alpha value is -11.8. The van der Waals surface area contributed by atoms with Crippen molar-refractivity contribution in [3.63, 3.8) is 0 Å². The van der Waals surface area contributed by atoms with Crippen molar-refractivity contribution in [2.24, 2.45) is 50.3 Å². The van der Waals surface area contributed by atoms with Crippen molar-refractivity contribution in [3.8, 4) is 0 Å². The number of primary amides is 1. The maximum Gasteiger partial charge on any atom is 0.326 e. The summed E-state index contributed by atoms with van der Waals surface area (Å²) in [6, 6.07) is -22.0. The maximum atomic E-state index is 14.0. The van der Waals surface area contributed by atoms with E-state index in [1.165, 1.54) is 25.7 Å². The molecular formula is C60H98N22O26S. The van der Waals surface area contributed by atoms with Crippen LogP contribution in [0.1, 0.15) is 111 Å². The van der Waals surface area contributed by atoms with Crippen molar-refractivity contribution in [2.45, 2.75) is 190 Å². The number of nitrogens with two attached hydrogens (primary N) is 6. The maximum absolute atomic E-state index is 14.0. The topological polar surface area (TPSA) is 803 Å². The van der Waals surface area contributed by atoms with Crippen LogP contribution in [-0.2, 0) is 95.9 Å². The van der Waals surface area contributed by atoms with Crippen LogP contribution in [0, 0.1) is 5.92 Å². The average molecular weight is 1580 g/mol. The first-order valence-electron chi connectivity index (χ1n) is 33.6. The summed E-state index contributed by atoms with van der Waals surface area (Å²) in [5.74, 6) is -27.4. The summed E-state index contributed by atoms with van der Waals surface area (Å²) in [4.78, 5) is 268. The number of aliphatic carboxylic acids is 5. The normalized spacial score (nSPS) is 15.5. The third-order valence-electron chi connectivity index (χ3n) is 15.5. The quantitative estimate of drug-likeness (QED) is 0.0116. The number of carboxylic acids is 5. The van der Waals surface area contributed by atoms with Crippen LogP contribution >= 0.6 is 12.6 Å². The molecule has 109 heavy (non-hydrogen) atoms. The Morgan fingerprint density at radius 3 is 1.33 bits per heavy atom. The molecule has 1 rings (SSSR count). The summed E-state index contributed by atoms with van der Waals surface area (Å²) >= 11 is 4.12. The molecule has 15 amide bonds. The van der Waals surface area contributed by atoms with Gasteiger partial charge in [-0.05, 0) is 71.1 Å². The number of rotatable bonds is 51. The fourth-order valence-corrected chi connectivity index (χ4v) is 10.1. The summed E-state index contributed by atoms with van der Waals surface area (Å²) in [7, 11) is 0. The zero-order chi connectivity index (χ0) is 83.1. The van der Waals surface area contributed by atoms with Gasteiger partial charge in [0.15, 0.2) is 11.9 Å². The van der Waals surface area contributed by atoms with Gasteiger partial charge in [0.1, 0.15) is 72.5 Å². The van der Waals surface area contributed by atoms with E-state index in [0.717, 1.165) is 6.92 Å². The molecule has 1 fully saturated rings. The van der Waals surface area contributed by atoms with Crippen LogP contribution in [0.25, 0.3) is 0 Å². The predicted octanol–water partition coefficient (Wildman–Crippen LogP) is -12.8. The molecule has 1 heterocycles. The summed E-state index contributed by atoms with van der Waals surface area (Å²) in [6.45, 7) is 2.00. The highest BCUT2D eigenvalue weighted by Crippen LogP contribution is 2.19. The van der Waals surface area contributed by atoms with E-state index >= 15 is 0 Å². The Morgan fingerprint density at radius 1 is 0.450 bits per heavy atom. The molecule has 1 aliphatic heterocycles. The minimum Gasteiger partial charge on any atom is -0.481 e. The second kappa shape index (κ2) is 48.4. The molecule has 610 valence electrons. The minimum atomic E-state index is -2.11. The second-order valence-corrected chi connectivity index (χ2v) is 25.2. The van der Waals surface area contributed by atoms with Crippen molar-refractivity contribution in [2.75, 3.05) is 45.1 Å². The highest BCUT2D eigenvalue weighted by Gasteiger charge is 2.40. The molecular weight excluding hydrogens is 1480 g/mol. The lowest BCUT2D eigenvalue weighted by atomic mass is 10.0. The predicted molar refractivity (Wildman–Crippen MR) is 377 cm³/mol. The van der Waals surface area contributed by atoms with Gasteiger partial charge in [-0.1, -0.05) is 13.8 Å². The number of hydrogen-bond donors (Lipinski definition) is 26. The van der Waals surface area contributed by atoms with Crippen molar-refractivity contribution >= 4 is 143 Å². The lowest BCUT2D eigenvalue weighted by molar-refractivity contribution is -0.147. The van der Waals surface area contributed by atoms with E-state index in [0.29, 0.717) is 6.42 Å². The fraction of sp³-hybridized carbons (Fsp3) is 0.633. The van der Waals surface area contributed by atoms with Gasteiger partial charge in [0.2, 0.25) is 88.6 Å². The van der Waals surface area contributed by atoms with Gasteiger partial charge in [-0.15, -0.1) is 0 Å².